The van der Waals surface area contributed by atoms with Crippen LogP contribution in [0.5, 0.6) is 0 Å². The molecular weight excluding hydrogens is 212 g/mol. The smallest absolute Gasteiger partial charge is 0.0667 e. The van der Waals surface area contributed by atoms with Gasteiger partial charge in [0.1, 0.15) is 0 Å². The Morgan fingerprint density at radius 1 is 1.35 bits per heavy atom. The van der Waals surface area contributed by atoms with Crippen molar-refractivity contribution >= 4 is 0 Å². The van der Waals surface area contributed by atoms with Crippen molar-refractivity contribution in [3.05, 3.63) is 0 Å². The number of hydrogen-bond donors (Lipinski definition) is 2. The van der Waals surface area contributed by atoms with Crippen LogP contribution in [0.3, 0.4) is 0 Å². The Bertz CT molecular complexity index is 242. The van der Waals surface area contributed by atoms with E-state index in [4.69, 9.17) is 10.5 Å². The van der Waals surface area contributed by atoms with Gasteiger partial charge in [0.05, 0.1) is 6.10 Å². The lowest BCUT2D eigenvalue weighted by molar-refractivity contribution is 0.0927. The van der Waals surface area contributed by atoms with Crippen LogP contribution in [-0.2, 0) is 4.74 Å². The topological polar surface area (TPSA) is 47.3 Å². The van der Waals surface area contributed by atoms with Gasteiger partial charge in [-0.1, -0.05) is 12.8 Å². The van der Waals surface area contributed by atoms with Crippen molar-refractivity contribution in [1.29, 1.82) is 0 Å². The predicted molar refractivity (Wildman–Crippen MR) is 70.9 cm³/mol. The summed E-state index contributed by atoms with van der Waals surface area (Å²) >= 11 is 0. The molecule has 100 valence electrons. The van der Waals surface area contributed by atoms with Crippen LogP contribution in [0.25, 0.3) is 0 Å². The zero-order chi connectivity index (χ0) is 12.3. The van der Waals surface area contributed by atoms with Crippen molar-refractivity contribution in [2.75, 3.05) is 20.2 Å². The number of methoxy groups -OCH3 is 1. The van der Waals surface area contributed by atoms with Gasteiger partial charge in [-0.15, -0.1) is 0 Å². The molecule has 3 N–H and O–H groups in total. The van der Waals surface area contributed by atoms with Crippen LogP contribution in [0.4, 0.5) is 0 Å². The van der Waals surface area contributed by atoms with Crippen molar-refractivity contribution in [3.63, 3.8) is 0 Å². The fourth-order valence-electron chi connectivity index (χ4n) is 3.24. The maximum atomic E-state index is 6.05. The van der Waals surface area contributed by atoms with Gasteiger partial charge in [0.25, 0.3) is 0 Å². The third-order valence-electron chi connectivity index (χ3n) is 4.73. The van der Waals surface area contributed by atoms with Gasteiger partial charge in [-0.25, -0.2) is 0 Å². The summed E-state index contributed by atoms with van der Waals surface area (Å²) in [6.45, 7) is 3.80. The van der Waals surface area contributed by atoms with Crippen LogP contribution in [0.15, 0.2) is 0 Å². The normalized spacial score (nSPS) is 35.8. The van der Waals surface area contributed by atoms with Gasteiger partial charge < -0.3 is 15.8 Å². The maximum Gasteiger partial charge on any atom is 0.0667 e. The van der Waals surface area contributed by atoms with Crippen LogP contribution < -0.4 is 11.1 Å². The van der Waals surface area contributed by atoms with E-state index >= 15 is 0 Å². The van der Waals surface area contributed by atoms with Crippen molar-refractivity contribution in [3.8, 4) is 0 Å². The molecule has 3 nitrogen and oxygen atoms in total. The zero-order valence-electron chi connectivity index (χ0n) is 11.4. The SMILES string of the molecule is COC(C)CNC1(CN)CCCC(C2CC2)C1. The van der Waals surface area contributed by atoms with E-state index in [1.807, 2.05) is 0 Å². The van der Waals surface area contributed by atoms with E-state index < -0.39 is 0 Å². The third kappa shape index (κ3) is 3.43. The van der Waals surface area contributed by atoms with Crippen molar-refractivity contribution < 1.29 is 4.74 Å². The van der Waals surface area contributed by atoms with E-state index in [0.29, 0.717) is 0 Å². The van der Waals surface area contributed by atoms with Gasteiger partial charge in [-0.3, -0.25) is 0 Å². The van der Waals surface area contributed by atoms with Crippen molar-refractivity contribution in [2.24, 2.45) is 17.6 Å². The van der Waals surface area contributed by atoms with Crippen LogP contribution in [-0.4, -0.2) is 31.8 Å². The quantitative estimate of drug-likeness (QED) is 0.745. The summed E-state index contributed by atoms with van der Waals surface area (Å²) in [5.41, 5.74) is 6.24. The Morgan fingerprint density at radius 2 is 2.12 bits per heavy atom. The Kier molecular flexibility index (Phi) is 4.45. The van der Waals surface area contributed by atoms with Crippen LogP contribution >= 0.6 is 0 Å². The molecule has 0 saturated heterocycles. The highest BCUT2D eigenvalue weighted by Crippen LogP contribution is 2.46. The Morgan fingerprint density at radius 3 is 2.71 bits per heavy atom. The van der Waals surface area contributed by atoms with Crippen LogP contribution in [0.2, 0.25) is 0 Å². The highest BCUT2D eigenvalue weighted by atomic mass is 16.5. The predicted octanol–water partition coefficient (Wildman–Crippen LogP) is 1.91. The van der Waals surface area contributed by atoms with Crippen molar-refractivity contribution in [2.45, 2.75) is 57.1 Å². The lowest BCUT2D eigenvalue weighted by Crippen LogP contribution is -2.55. The Labute approximate surface area is 105 Å². The summed E-state index contributed by atoms with van der Waals surface area (Å²) in [6.07, 6.45) is 8.48. The summed E-state index contributed by atoms with van der Waals surface area (Å²) in [5.74, 6) is 1.94. The van der Waals surface area contributed by atoms with E-state index in [1.165, 1.54) is 38.5 Å². The van der Waals surface area contributed by atoms with Crippen LogP contribution in [0, 0.1) is 11.8 Å². The van der Waals surface area contributed by atoms with Gasteiger partial charge >= 0.3 is 0 Å². The fraction of sp³-hybridized carbons (Fsp3) is 1.00. The molecule has 0 bridgehead atoms. The molecule has 2 rings (SSSR count). The molecular formula is C14H28N2O. The molecule has 3 atom stereocenters. The Balaban J connectivity index is 1.87. The van der Waals surface area contributed by atoms with Gasteiger partial charge in [0.15, 0.2) is 0 Å². The summed E-state index contributed by atoms with van der Waals surface area (Å²) in [4.78, 5) is 0. The number of hydrogen-bond acceptors (Lipinski definition) is 3. The largest absolute Gasteiger partial charge is 0.380 e. The minimum Gasteiger partial charge on any atom is -0.380 e. The monoisotopic (exact) mass is 240 g/mol. The first-order valence-electron chi connectivity index (χ1n) is 7.17. The number of rotatable bonds is 6. The molecule has 0 radical (unpaired) electrons. The molecule has 17 heavy (non-hydrogen) atoms. The molecule has 0 aliphatic heterocycles. The maximum absolute atomic E-state index is 6.05. The summed E-state index contributed by atoms with van der Waals surface area (Å²) in [6, 6.07) is 0. The van der Waals surface area contributed by atoms with Gasteiger partial charge in [-0.05, 0) is 44.4 Å². The zero-order valence-corrected chi connectivity index (χ0v) is 11.4. The molecule has 2 fully saturated rings. The van der Waals surface area contributed by atoms with E-state index in [-0.39, 0.29) is 11.6 Å². The first-order chi connectivity index (χ1) is 8.19. The second-order valence-electron chi connectivity index (χ2n) is 6.11. The lowest BCUT2D eigenvalue weighted by atomic mass is 9.73. The highest BCUT2D eigenvalue weighted by Gasteiger charge is 2.41. The average molecular weight is 240 g/mol. The number of nitrogens with one attached hydrogen (secondary N) is 1. The number of nitrogens with two attached hydrogens (primary N) is 1. The molecule has 0 amide bonds. The average Bonchev–Trinajstić information content (AvgIpc) is 3.20. The van der Waals surface area contributed by atoms with Gasteiger partial charge in [-0.2, -0.15) is 0 Å². The van der Waals surface area contributed by atoms with Gasteiger partial charge in [0.2, 0.25) is 0 Å². The van der Waals surface area contributed by atoms with Crippen molar-refractivity contribution in [1.82, 2.24) is 5.32 Å². The van der Waals surface area contributed by atoms with E-state index in [0.717, 1.165) is 24.9 Å². The highest BCUT2D eigenvalue weighted by molar-refractivity contribution is 4.98. The molecule has 2 aliphatic carbocycles. The molecule has 0 spiro atoms. The fourth-order valence-corrected chi connectivity index (χ4v) is 3.24. The first kappa shape index (κ1) is 13.3. The second-order valence-corrected chi connectivity index (χ2v) is 6.11. The van der Waals surface area contributed by atoms with E-state index in [1.54, 1.807) is 7.11 Å². The minimum atomic E-state index is 0.193. The minimum absolute atomic E-state index is 0.193. The molecule has 0 aromatic heterocycles. The lowest BCUT2D eigenvalue weighted by Gasteiger charge is -2.42. The molecule has 2 aliphatic rings. The standard InChI is InChI=1S/C14H28N2O/c1-11(17-2)9-16-14(10-15)7-3-4-13(8-14)12-5-6-12/h11-13,16H,3-10,15H2,1-2H3. The van der Waals surface area contributed by atoms with Gasteiger partial charge in [0, 0.05) is 25.7 Å². The summed E-state index contributed by atoms with van der Waals surface area (Å²) < 4.78 is 5.31. The summed E-state index contributed by atoms with van der Waals surface area (Å²) in [7, 11) is 1.77. The number of ether oxygens (including phenoxy) is 1. The summed E-state index contributed by atoms with van der Waals surface area (Å²) in [5, 5.41) is 3.70. The Hall–Kier alpha value is -0.120. The molecule has 0 heterocycles. The second kappa shape index (κ2) is 5.68. The molecule has 2 saturated carbocycles. The van der Waals surface area contributed by atoms with Crippen LogP contribution in [0.1, 0.15) is 45.4 Å². The van der Waals surface area contributed by atoms with E-state index in [2.05, 4.69) is 12.2 Å². The molecule has 0 aromatic rings. The van der Waals surface area contributed by atoms with E-state index in [9.17, 15) is 0 Å². The molecule has 3 heteroatoms. The third-order valence-corrected chi connectivity index (χ3v) is 4.73. The first-order valence-corrected chi connectivity index (χ1v) is 7.17. The molecule has 0 aromatic carbocycles. The molecule has 3 unspecified atom stereocenters.